The van der Waals surface area contributed by atoms with E-state index in [0.717, 1.165) is 5.56 Å². The van der Waals surface area contributed by atoms with Crippen LogP contribution in [0.3, 0.4) is 0 Å². The Labute approximate surface area is 140 Å². The summed E-state index contributed by atoms with van der Waals surface area (Å²) >= 11 is 0. The highest BCUT2D eigenvalue weighted by atomic mass is 16.5. The predicted octanol–water partition coefficient (Wildman–Crippen LogP) is 2.68. The summed E-state index contributed by atoms with van der Waals surface area (Å²) in [5.74, 6) is -1.55. The van der Waals surface area contributed by atoms with E-state index in [4.69, 9.17) is 9.84 Å². The first-order valence-corrected chi connectivity index (χ1v) is 7.73. The van der Waals surface area contributed by atoms with Gasteiger partial charge in [-0.15, -0.1) is 0 Å². The first kappa shape index (κ1) is 17.6. The van der Waals surface area contributed by atoms with Gasteiger partial charge in [0.15, 0.2) is 0 Å². The fraction of sp³-hybridized carbons (Fsp3) is 0.278. The average molecular weight is 328 g/mol. The van der Waals surface area contributed by atoms with E-state index >= 15 is 0 Å². The Balaban J connectivity index is 1.71. The molecule has 1 aromatic carbocycles. The summed E-state index contributed by atoms with van der Waals surface area (Å²) in [5, 5.41) is 11.6. The number of aromatic carboxylic acids is 1. The zero-order valence-electron chi connectivity index (χ0n) is 13.4. The van der Waals surface area contributed by atoms with Gasteiger partial charge >= 0.3 is 5.97 Å². The maximum atomic E-state index is 11.9. The minimum atomic E-state index is -1.16. The van der Waals surface area contributed by atoms with Crippen molar-refractivity contribution in [1.29, 1.82) is 0 Å². The molecule has 0 saturated carbocycles. The molecule has 1 atom stereocenters. The normalized spacial score (nSPS) is 11.7. The molecule has 6 heteroatoms. The molecule has 6 nitrogen and oxygen atoms in total. The van der Waals surface area contributed by atoms with Crippen LogP contribution in [-0.2, 0) is 4.74 Å². The van der Waals surface area contributed by atoms with Crippen LogP contribution in [0.25, 0.3) is 0 Å². The summed E-state index contributed by atoms with van der Waals surface area (Å²) in [5.41, 5.74) is 1.05. The van der Waals surface area contributed by atoms with Crippen molar-refractivity contribution in [2.45, 2.75) is 19.4 Å². The highest BCUT2D eigenvalue weighted by molar-refractivity contribution is 5.94. The van der Waals surface area contributed by atoms with E-state index in [1.165, 1.54) is 18.2 Å². The van der Waals surface area contributed by atoms with Gasteiger partial charge in [-0.3, -0.25) is 4.79 Å². The molecule has 0 spiro atoms. The monoisotopic (exact) mass is 328 g/mol. The summed E-state index contributed by atoms with van der Waals surface area (Å²) in [7, 11) is 0. The van der Waals surface area contributed by atoms with Gasteiger partial charge in [0, 0.05) is 13.2 Å². The van der Waals surface area contributed by atoms with E-state index in [0.29, 0.717) is 19.6 Å². The summed E-state index contributed by atoms with van der Waals surface area (Å²) in [4.78, 5) is 26.6. The smallest absolute Gasteiger partial charge is 0.354 e. The van der Waals surface area contributed by atoms with Crippen molar-refractivity contribution < 1.29 is 19.4 Å². The minimum absolute atomic E-state index is 0.00387. The van der Waals surface area contributed by atoms with Crippen LogP contribution in [0, 0.1) is 0 Å². The van der Waals surface area contributed by atoms with E-state index in [-0.39, 0.29) is 17.5 Å². The number of amides is 1. The Morgan fingerprint density at radius 2 is 1.83 bits per heavy atom. The third-order valence-corrected chi connectivity index (χ3v) is 3.44. The lowest BCUT2D eigenvalue weighted by molar-refractivity contribution is 0.0634. The van der Waals surface area contributed by atoms with Crippen LogP contribution in [-0.4, -0.2) is 35.1 Å². The number of carboxylic acid groups (broad SMARTS) is 1. The molecule has 24 heavy (non-hydrogen) atoms. The van der Waals surface area contributed by atoms with Gasteiger partial charge in [0.25, 0.3) is 5.91 Å². The van der Waals surface area contributed by atoms with Crippen molar-refractivity contribution in [1.82, 2.24) is 10.3 Å². The predicted molar refractivity (Wildman–Crippen MR) is 89.0 cm³/mol. The molecular formula is C18H20N2O4. The topological polar surface area (TPSA) is 88.5 Å². The van der Waals surface area contributed by atoms with Crippen molar-refractivity contribution in [2.24, 2.45) is 0 Å². The Morgan fingerprint density at radius 3 is 2.54 bits per heavy atom. The second-order valence-electron chi connectivity index (χ2n) is 5.25. The van der Waals surface area contributed by atoms with Crippen LogP contribution in [0.15, 0.2) is 48.5 Å². The van der Waals surface area contributed by atoms with Crippen molar-refractivity contribution >= 4 is 11.9 Å². The zero-order valence-corrected chi connectivity index (χ0v) is 13.4. The highest BCUT2D eigenvalue weighted by Gasteiger charge is 2.11. The number of carbonyl (C=O) groups excluding carboxylic acids is 1. The molecule has 0 bridgehead atoms. The molecule has 1 aromatic heterocycles. The largest absolute Gasteiger partial charge is 0.477 e. The van der Waals surface area contributed by atoms with Gasteiger partial charge in [0.2, 0.25) is 0 Å². The summed E-state index contributed by atoms with van der Waals surface area (Å²) in [6, 6.07) is 14.2. The van der Waals surface area contributed by atoms with Gasteiger partial charge in [-0.1, -0.05) is 36.4 Å². The Hall–Kier alpha value is -2.73. The van der Waals surface area contributed by atoms with E-state index in [9.17, 15) is 9.59 Å². The lowest BCUT2D eigenvalue weighted by atomic mass is 10.1. The molecule has 0 fully saturated rings. The van der Waals surface area contributed by atoms with Crippen LogP contribution in [0.2, 0.25) is 0 Å². The Morgan fingerprint density at radius 1 is 1.12 bits per heavy atom. The minimum Gasteiger partial charge on any atom is -0.477 e. The molecule has 0 aliphatic heterocycles. The molecular weight excluding hydrogens is 308 g/mol. The van der Waals surface area contributed by atoms with E-state index in [2.05, 4.69) is 10.3 Å². The van der Waals surface area contributed by atoms with Crippen LogP contribution < -0.4 is 5.32 Å². The third-order valence-electron chi connectivity index (χ3n) is 3.44. The maximum absolute atomic E-state index is 11.9. The molecule has 1 unspecified atom stereocenters. The average Bonchev–Trinajstić information content (AvgIpc) is 2.62. The van der Waals surface area contributed by atoms with Gasteiger partial charge < -0.3 is 15.2 Å². The number of carboxylic acids is 1. The number of rotatable bonds is 8. The van der Waals surface area contributed by atoms with E-state index in [1.54, 1.807) is 0 Å². The molecule has 0 saturated heterocycles. The zero-order chi connectivity index (χ0) is 17.4. The maximum Gasteiger partial charge on any atom is 0.354 e. The number of aromatic nitrogens is 1. The fourth-order valence-corrected chi connectivity index (χ4v) is 2.13. The molecule has 2 rings (SSSR count). The molecule has 2 aromatic rings. The standard InChI is InChI=1S/C18H20N2O4/c1-13(14-7-3-2-4-8-14)24-12-6-11-19-17(21)15-9-5-10-16(20-15)18(22)23/h2-5,7-10,13H,6,11-12H2,1H3,(H,19,21)(H,22,23). The van der Waals surface area contributed by atoms with E-state index < -0.39 is 11.9 Å². The van der Waals surface area contributed by atoms with Crippen LogP contribution in [0.4, 0.5) is 0 Å². The van der Waals surface area contributed by atoms with Gasteiger partial charge in [0.1, 0.15) is 11.4 Å². The van der Waals surface area contributed by atoms with Crippen molar-refractivity contribution in [3.05, 3.63) is 65.5 Å². The second-order valence-corrected chi connectivity index (χ2v) is 5.25. The molecule has 0 aliphatic carbocycles. The second kappa shape index (κ2) is 8.79. The first-order valence-electron chi connectivity index (χ1n) is 7.73. The number of carbonyl (C=O) groups is 2. The number of nitrogens with zero attached hydrogens (tertiary/aromatic N) is 1. The molecule has 1 heterocycles. The molecule has 2 N–H and O–H groups in total. The Kier molecular flexibility index (Phi) is 6.45. The van der Waals surface area contributed by atoms with Crippen molar-refractivity contribution in [3.63, 3.8) is 0 Å². The van der Waals surface area contributed by atoms with Crippen LogP contribution >= 0.6 is 0 Å². The SMILES string of the molecule is CC(OCCCNC(=O)c1cccc(C(=O)O)n1)c1ccccc1. The third kappa shape index (κ3) is 5.17. The number of benzene rings is 1. The van der Waals surface area contributed by atoms with Gasteiger partial charge in [-0.25, -0.2) is 9.78 Å². The molecule has 126 valence electrons. The number of nitrogens with one attached hydrogen (secondary N) is 1. The number of hydrogen-bond acceptors (Lipinski definition) is 4. The Bertz CT molecular complexity index is 688. The number of hydrogen-bond donors (Lipinski definition) is 2. The summed E-state index contributed by atoms with van der Waals surface area (Å²) in [6.45, 7) is 2.92. The molecule has 0 aliphatic rings. The highest BCUT2D eigenvalue weighted by Crippen LogP contribution is 2.15. The van der Waals surface area contributed by atoms with Crippen LogP contribution in [0.1, 0.15) is 46.0 Å². The summed E-state index contributed by atoms with van der Waals surface area (Å²) < 4.78 is 5.72. The number of ether oxygens (including phenoxy) is 1. The first-order chi connectivity index (χ1) is 11.6. The van der Waals surface area contributed by atoms with E-state index in [1.807, 2.05) is 37.3 Å². The lowest BCUT2D eigenvalue weighted by Crippen LogP contribution is -2.26. The molecule has 0 radical (unpaired) electrons. The van der Waals surface area contributed by atoms with Crippen molar-refractivity contribution in [2.75, 3.05) is 13.2 Å². The fourth-order valence-electron chi connectivity index (χ4n) is 2.13. The van der Waals surface area contributed by atoms with Gasteiger partial charge in [-0.2, -0.15) is 0 Å². The molecule has 1 amide bonds. The van der Waals surface area contributed by atoms with Gasteiger partial charge in [0.05, 0.1) is 6.10 Å². The van der Waals surface area contributed by atoms with Crippen LogP contribution in [0.5, 0.6) is 0 Å². The lowest BCUT2D eigenvalue weighted by Gasteiger charge is -2.13. The quantitative estimate of drug-likeness (QED) is 0.727. The van der Waals surface area contributed by atoms with Crippen molar-refractivity contribution in [3.8, 4) is 0 Å². The number of pyridine rings is 1. The summed E-state index contributed by atoms with van der Waals surface area (Å²) in [6.07, 6.45) is 0.650. The van der Waals surface area contributed by atoms with Gasteiger partial charge in [-0.05, 0) is 31.0 Å².